The van der Waals surface area contributed by atoms with Crippen molar-refractivity contribution in [3.05, 3.63) is 0 Å². The van der Waals surface area contributed by atoms with Gasteiger partial charge >= 0.3 is 0 Å². The van der Waals surface area contributed by atoms with Crippen LogP contribution in [0.1, 0.15) is 13.3 Å². The van der Waals surface area contributed by atoms with E-state index in [0.29, 0.717) is 6.42 Å². The number of aliphatic hydroxyl groups excluding tert-OH is 1. The van der Waals surface area contributed by atoms with E-state index in [1.165, 1.54) is 0 Å². The van der Waals surface area contributed by atoms with Crippen LogP contribution in [0.5, 0.6) is 0 Å². The van der Waals surface area contributed by atoms with Crippen molar-refractivity contribution in [2.75, 3.05) is 0 Å². The van der Waals surface area contributed by atoms with Crippen molar-refractivity contribution < 1.29 is 9.53 Å². The van der Waals surface area contributed by atoms with Crippen molar-refractivity contribution in [2.24, 2.45) is 0 Å². The molecule has 1 N–H and O–H groups in total. The molecule has 0 radical (unpaired) electrons. The lowest BCUT2D eigenvalue weighted by molar-refractivity contribution is -0.0255. The second kappa shape index (κ2) is 3.34. The fraction of sp³-hybridized carbons (Fsp3) is 1.00. The maximum absolute atomic E-state index is 9.01. The zero-order chi connectivity index (χ0) is 7.49. The summed E-state index contributed by atoms with van der Waals surface area (Å²) in [7, 11) is -1.49. The van der Waals surface area contributed by atoms with Gasteiger partial charge in [-0.05, 0) is 26.1 Å². The van der Waals surface area contributed by atoms with Crippen molar-refractivity contribution >= 4 is 8.32 Å². The zero-order valence-corrected chi connectivity index (χ0v) is 7.64. The minimum absolute atomic E-state index is 0.545. The highest BCUT2D eigenvalue weighted by Gasteiger charge is 2.17. The predicted molar refractivity (Wildman–Crippen MR) is 40.7 cm³/mol. The molecule has 2 nitrogen and oxygen atoms in total. The van der Waals surface area contributed by atoms with E-state index in [0.717, 1.165) is 0 Å². The topological polar surface area (TPSA) is 29.5 Å². The molecule has 0 bridgehead atoms. The van der Waals surface area contributed by atoms with Crippen molar-refractivity contribution in [1.82, 2.24) is 0 Å². The Labute approximate surface area is 58.0 Å². The average molecular weight is 148 g/mol. The molecular formula is C6H16O2Si. The summed E-state index contributed by atoms with van der Waals surface area (Å²) >= 11 is 0. The molecule has 3 heteroatoms. The first kappa shape index (κ1) is 9.14. The normalized spacial score (nSPS) is 15.7. The molecule has 9 heavy (non-hydrogen) atoms. The van der Waals surface area contributed by atoms with E-state index < -0.39 is 14.6 Å². The molecule has 0 saturated carbocycles. The highest BCUT2D eigenvalue weighted by Crippen LogP contribution is 2.06. The van der Waals surface area contributed by atoms with Crippen molar-refractivity contribution in [2.45, 2.75) is 39.3 Å². The highest BCUT2D eigenvalue weighted by molar-refractivity contribution is 6.69. The van der Waals surface area contributed by atoms with Crippen LogP contribution in [0.25, 0.3) is 0 Å². The van der Waals surface area contributed by atoms with Gasteiger partial charge in [-0.15, -0.1) is 0 Å². The molecule has 0 saturated heterocycles. The third kappa shape index (κ3) is 6.02. The van der Waals surface area contributed by atoms with E-state index in [2.05, 4.69) is 19.6 Å². The van der Waals surface area contributed by atoms with Gasteiger partial charge in [0, 0.05) is 0 Å². The third-order valence-electron chi connectivity index (χ3n) is 0.839. The van der Waals surface area contributed by atoms with Crippen LogP contribution >= 0.6 is 0 Å². The molecule has 0 rings (SSSR count). The summed E-state index contributed by atoms with van der Waals surface area (Å²) in [5.74, 6) is 0. The summed E-state index contributed by atoms with van der Waals surface area (Å²) in [4.78, 5) is 0. The van der Waals surface area contributed by atoms with Crippen LogP contribution in [0.3, 0.4) is 0 Å². The Morgan fingerprint density at radius 3 is 2.00 bits per heavy atom. The molecule has 0 fully saturated rings. The fourth-order valence-electron chi connectivity index (χ4n) is 0.491. The molecule has 0 heterocycles. The fourth-order valence-corrected chi connectivity index (χ4v) is 1.47. The van der Waals surface area contributed by atoms with E-state index in [4.69, 9.17) is 9.53 Å². The second-order valence-electron chi connectivity index (χ2n) is 3.09. The largest absolute Gasteiger partial charge is 0.393 e. The Kier molecular flexibility index (Phi) is 3.39. The van der Waals surface area contributed by atoms with Crippen LogP contribution in [0.2, 0.25) is 19.6 Å². The summed E-state index contributed by atoms with van der Waals surface area (Å²) in [6, 6.07) is 0. The van der Waals surface area contributed by atoms with Gasteiger partial charge in [0.25, 0.3) is 0 Å². The van der Waals surface area contributed by atoms with E-state index in [1.54, 1.807) is 0 Å². The Bertz CT molecular complexity index is 77.6. The Morgan fingerprint density at radius 2 is 1.89 bits per heavy atom. The van der Waals surface area contributed by atoms with E-state index >= 15 is 0 Å². The summed E-state index contributed by atoms with van der Waals surface area (Å²) in [6.07, 6.45) is 0.140. The van der Waals surface area contributed by atoms with Crippen LogP contribution in [0.4, 0.5) is 0 Å². The standard InChI is InChI=1S/C6H16O2Si/c1-5-6(7)8-9(2,3)4/h6-7H,5H2,1-4H3. The van der Waals surface area contributed by atoms with E-state index in [1.807, 2.05) is 6.92 Å². The van der Waals surface area contributed by atoms with Crippen LogP contribution in [-0.2, 0) is 4.43 Å². The minimum atomic E-state index is -1.49. The zero-order valence-electron chi connectivity index (χ0n) is 6.64. The van der Waals surface area contributed by atoms with Gasteiger partial charge in [0.2, 0.25) is 0 Å². The SMILES string of the molecule is CCC(O)O[Si](C)(C)C. The first-order valence-electron chi connectivity index (χ1n) is 3.31. The molecule has 56 valence electrons. The molecule has 0 aliphatic heterocycles. The average Bonchev–Trinajstić information content (AvgIpc) is 1.62. The molecular weight excluding hydrogens is 132 g/mol. The number of aliphatic hydroxyl groups is 1. The molecule has 0 aliphatic carbocycles. The molecule has 0 spiro atoms. The van der Waals surface area contributed by atoms with Crippen molar-refractivity contribution in [3.63, 3.8) is 0 Å². The van der Waals surface area contributed by atoms with E-state index in [9.17, 15) is 0 Å². The van der Waals surface area contributed by atoms with Gasteiger partial charge in [-0.25, -0.2) is 0 Å². The number of hydrogen-bond donors (Lipinski definition) is 1. The lowest BCUT2D eigenvalue weighted by atomic mass is 10.5. The molecule has 0 aliphatic rings. The predicted octanol–water partition coefficient (Wildman–Crippen LogP) is 1.57. The minimum Gasteiger partial charge on any atom is -0.393 e. The lowest BCUT2D eigenvalue weighted by Gasteiger charge is -2.20. The van der Waals surface area contributed by atoms with Gasteiger partial charge in [0.15, 0.2) is 8.32 Å². The lowest BCUT2D eigenvalue weighted by Crippen LogP contribution is -2.31. The number of hydrogen-bond acceptors (Lipinski definition) is 2. The van der Waals surface area contributed by atoms with Crippen LogP contribution < -0.4 is 0 Å². The second-order valence-corrected chi connectivity index (χ2v) is 7.55. The molecule has 0 aromatic rings. The molecule has 1 unspecified atom stereocenters. The van der Waals surface area contributed by atoms with Crippen molar-refractivity contribution in [1.29, 1.82) is 0 Å². The molecule has 0 aromatic carbocycles. The van der Waals surface area contributed by atoms with Crippen LogP contribution in [-0.4, -0.2) is 19.7 Å². The first-order valence-corrected chi connectivity index (χ1v) is 6.72. The smallest absolute Gasteiger partial charge is 0.187 e. The summed E-state index contributed by atoms with van der Waals surface area (Å²) in [5.41, 5.74) is 0. The van der Waals surface area contributed by atoms with Gasteiger partial charge in [-0.2, -0.15) is 0 Å². The summed E-state index contributed by atoms with van der Waals surface area (Å²) < 4.78 is 5.28. The monoisotopic (exact) mass is 148 g/mol. The van der Waals surface area contributed by atoms with Gasteiger partial charge in [-0.3, -0.25) is 0 Å². The molecule has 0 amide bonds. The van der Waals surface area contributed by atoms with Gasteiger partial charge < -0.3 is 9.53 Å². The Hall–Kier alpha value is 0.137. The van der Waals surface area contributed by atoms with Gasteiger partial charge in [-0.1, -0.05) is 6.92 Å². The quantitative estimate of drug-likeness (QED) is 0.486. The van der Waals surface area contributed by atoms with Gasteiger partial charge in [0.05, 0.1) is 0 Å². The van der Waals surface area contributed by atoms with Crippen LogP contribution in [0, 0.1) is 0 Å². The Morgan fingerprint density at radius 1 is 1.44 bits per heavy atom. The maximum atomic E-state index is 9.01. The molecule has 1 atom stereocenters. The summed E-state index contributed by atoms with van der Waals surface area (Å²) in [6.45, 7) is 8.09. The molecule has 0 aromatic heterocycles. The van der Waals surface area contributed by atoms with Crippen molar-refractivity contribution in [3.8, 4) is 0 Å². The summed E-state index contributed by atoms with van der Waals surface area (Å²) in [5, 5.41) is 9.01. The number of rotatable bonds is 3. The highest BCUT2D eigenvalue weighted by atomic mass is 28.4. The Balaban J connectivity index is 3.47. The van der Waals surface area contributed by atoms with E-state index in [-0.39, 0.29) is 0 Å². The van der Waals surface area contributed by atoms with Gasteiger partial charge in [0.1, 0.15) is 6.29 Å². The first-order chi connectivity index (χ1) is 3.95. The van der Waals surface area contributed by atoms with Crippen LogP contribution in [0.15, 0.2) is 0 Å². The third-order valence-corrected chi connectivity index (χ3v) is 1.82. The maximum Gasteiger partial charge on any atom is 0.187 e.